The smallest absolute Gasteiger partial charge is 0.258 e. The number of aromatic nitrogens is 2. The zero-order valence-corrected chi connectivity index (χ0v) is 20.7. The van der Waals surface area contributed by atoms with Crippen LogP contribution in [0.2, 0.25) is 0 Å². The van der Waals surface area contributed by atoms with Gasteiger partial charge in [0.15, 0.2) is 0 Å². The molecule has 36 heavy (non-hydrogen) atoms. The van der Waals surface area contributed by atoms with E-state index in [4.69, 9.17) is 14.0 Å². The van der Waals surface area contributed by atoms with Gasteiger partial charge in [0.1, 0.15) is 11.8 Å². The van der Waals surface area contributed by atoms with Gasteiger partial charge in [-0.2, -0.15) is 10.2 Å². The highest BCUT2D eigenvalue weighted by Gasteiger charge is 2.31. The number of allylic oxidation sites excluding steroid dienone is 3. The highest BCUT2D eigenvalue weighted by molar-refractivity contribution is 5.80. The summed E-state index contributed by atoms with van der Waals surface area (Å²) in [5.74, 6) is 1.60. The summed E-state index contributed by atoms with van der Waals surface area (Å²) in [7, 11) is 0. The molecule has 1 atom stereocenters. The number of benzene rings is 1. The van der Waals surface area contributed by atoms with Crippen LogP contribution in [-0.2, 0) is 9.53 Å². The monoisotopic (exact) mass is 489 g/mol. The fourth-order valence-electron chi connectivity index (χ4n) is 5.11. The van der Waals surface area contributed by atoms with Gasteiger partial charge < -0.3 is 24.2 Å². The summed E-state index contributed by atoms with van der Waals surface area (Å²) in [5.41, 5.74) is 4.72. The van der Waals surface area contributed by atoms with Crippen LogP contribution in [0.1, 0.15) is 50.9 Å². The Labute approximate surface area is 210 Å². The number of nitrogens with one attached hydrogen (secondary N) is 1. The summed E-state index contributed by atoms with van der Waals surface area (Å²) in [5, 5.41) is 17.3. The van der Waals surface area contributed by atoms with Crippen LogP contribution in [0.15, 0.2) is 39.9 Å². The molecule has 0 spiro atoms. The van der Waals surface area contributed by atoms with Crippen molar-refractivity contribution in [3.05, 3.63) is 46.8 Å². The standard InChI is InChI=1S/C27H31N5O4/c1-17(2)35-24-9-6-18(14-19(24)15-28)27-30-26(31-36-27)22-5-3-4-21-20(22)7-8-23(21)29-16-25(33)32-10-12-34-13-11-32/h5-6,9,14,17,23,29H,3-4,7-8,10-13,16H2,1-2H3/t23-/m0/s1. The molecular weight excluding hydrogens is 458 g/mol. The predicted molar refractivity (Wildman–Crippen MR) is 133 cm³/mol. The lowest BCUT2D eigenvalue weighted by Gasteiger charge is -2.28. The van der Waals surface area contributed by atoms with Gasteiger partial charge in [-0.05, 0) is 68.9 Å². The predicted octanol–water partition coefficient (Wildman–Crippen LogP) is 3.48. The first-order valence-electron chi connectivity index (χ1n) is 12.6. The number of ether oxygens (including phenoxy) is 2. The van der Waals surface area contributed by atoms with Crippen molar-refractivity contribution in [3.63, 3.8) is 0 Å². The Morgan fingerprint density at radius 1 is 1.31 bits per heavy atom. The quantitative estimate of drug-likeness (QED) is 0.629. The SMILES string of the molecule is CC(C)Oc1ccc(-c2nc(C3=CCCC4=C3CC[C@@H]4NCC(=O)N3CCOCC3)no2)cc1C#N. The van der Waals surface area contributed by atoms with Gasteiger partial charge in [-0.1, -0.05) is 11.2 Å². The second-order valence-electron chi connectivity index (χ2n) is 9.54. The number of carbonyl (C=O) groups excluding carboxylic acids is 1. The van der Waals surface area contributed by atoms with E-state index in [2.05, 4.69) is 27.6 Å². The highest BCUT2D eigenvalue weighted by Crippen LogP contribution is 2.41. The van der Waals surface area contributed by atoms with E-state index in [-0.39, 0.29) is 18.1 Å². The van der Waals surface area contributed by atoms with Crippen LogP contribution in [0.4, 0.5) is 0 Å². The zero-order chi connectivity index (χ0) is 25.1. The molecule has 188 valence electrons. The first-order chi connectivity index (χ1) is 17.5. The van der Waals surface area contributed by atoms with Gasteiger partial charge in [-0.15, -0.1) is 0 Å². The van der Waals surface area contributed by atoms with Gasteiger partial charge in [-0.25, -0.2) is 0 Å². The molecule has 2 aromatic rings. The van der Waals surface area contributed by atoms with E-state index in [0.29, 0.717) is 61.4 Å². The van der Waals surface area contributed by atoms with Crippen LogP contribution in [0.25, 0.3) is 17.0 Å². The Kier molecular flexibility index (Phi) is 7.16. The molecule has 1 aliphatic heterocycles. The van der Waals surface area contributed by atoms with Crippen molar-refractivity contribution in [3.8, 4) is 23.3 Å². The number of carbonyl (C=O) groups is 1. The van der Waals surface area contributed by atoms with E-state index in [1.807, 2.05) is 24.8 Å². The Bertz CT molecular complexity index is 1230. The molecule has 1 N–H and O–H groups in total. The number of nitriles is 1. The fourth-order valence-corrected chi connectivity index (χ4v) is 5.11. The summed E-state index contributed by atoms with van der Waals surface area (Å²) in [4.78, 5) is 19.1. The molecular formula is C27H31N5O4. The summed E-state index contributed by atoms with van der Waals surface area (Å²) in [6.07, 6.45) is 5.87. The molecule has 2 aliphatic carbocycles. The molecule has 0 radical (unpaired) electrons. The van der Waals surface area contributed by atoms with E-state index < -0.39 is 0 Å². The molecule has 1 fully saturated rings. The summed E-state index contributed by atoms with van der Waals surface area (Å²) in [6.45, 7) is 6.73. The summed E-state index contributed by atoms with van der Waals surface area (Å²) in [6, 6.07) is 7.69. The minimum atomic E-state index is -0.0270. The lowest BCUT2D eigenvalue weighted by atomic mass is 9.91. The molecule has 1 amide bonds. The minimum absolute atomic E-state index is 0.0270. The molecule has 5 rings (SSSR count). The van der Waals surface area contributed by atoms with Gasteiger partial charge in [0, 0.05) is 30.3 Å². The van der Waals surface area contributed by atoms with Crippen molar-refractivity contribution < 1.29 is 18.8 Å². The normalized spacial score (nSPS) is 19.8. The third-order valence-corrected chi connectivity index (χ3v) is 6.82. The van der Waals surface area contributed by atoms with Crippen molar-refractivity contribution in [2.24, 2.45) is 0 Å². The van der Waals surface area contributed by atoms with Crippen LogP contribution >= 0.6 is 0 Å². The fraction of sp³-hybridized carbons (Fsp3) is 0.481. The lowest BCUT2D eigenvalue weighted by Crippen LogP contribution is -2.46. The van der Waals surface area contributed by atoms with Crippen molar-refractivity contribution >= 4 is 11.5 Å². The maximum Gasteiger partial charge on any atom is 0.258 e. The number of nitrogens with zero attached hydrogens (tertiary/aromatic N) is 4. The highest BCUT2D eigenvalue weighted by atomic mass is 16.5. The molecule has 0 unspecified atom stereocenters. The van der Waals surface area contributed by atoms with Crippen LogP contribution in [0.5, 0.6) is 5.75 Å². The van der Waals surface area contributed by atoms with Crippen molar-refractivity contribution in [2.75, 3.05) is 32.8 Å². The molecule has 9 nitrogen and oxygen atoms in total. The van der Waals surface area contributed by atoms with Crippen molar-refractivity contribution in [1.29, 1.82) is 5.26 Å². The average Bonchev–Trinajstić information content (AvgIpc) is 3.55. The lowest BCUT2D eigenvalue weighted by molar-refractivity contribution is -0.134. The Balaban J connectivity index is 1.29. The Morgan fingerprint density at radius 2 is 2.14 bits per heavy atom. The van der Waals surface area contributed by atoms with Gasteiger partial charge in [0.2, 0.25) is 11.7 Å². The molecule has 1 aromatic heterocycles. The molecule has 3 aliphatic rings. The van der Waals surface area contributed by atoms with Crippen molar-refractivity contribution in [1.82, 2.24) is 20.4 Å². The third kappa shape index (κ3) is 5.06. The third-order valence-electron chi connectivity index (χ3n) is 6.82. The van der Waals surface area contributed by atoms with Gasteiger partial charge in [0.25, 0.3) is 5.89 Å². The number of hydrogen-bond donors (Lipinski definition) is 1. The second-order valence-corrected chi connectivity index (χ2v) is 9.54. The molecule has 2 heterocycles. The molecule has 9 heteroatoms. The minimum Gasteiger partial charge on any atom is -0.490 e. The number of hydrogen-bond acceptors (Lipinski definition) is 8. The molecule has 0 bridgehead atoms. The Hall–Kier alpha value is -3.48. The second kappa shape index (κ2) is 10.6. The van der Waals surface area contributed by atoms with Crippen LogP contribution in [-0.4, -0.2) is 65.9 Å². The number of morpholine rings is 1. The van der Waals surface area contributed by atoms with Crippen molar-refractivity contribution in [2.45, 2.75) is 51.7 Å². The van der Waals surface area contributed by atoms with Gasteiger partial charge in [-0.3, -0.25) is 4.79 Å². The van der Waals surface area contributed by atoms with E-state index in [9.17, 15) is 10.1 Å². The molecule has 0 saturated carbocycles. The van der Waals surface area contributed by atoms with E-state index in [1.165, 1.54) is 11.1 Å². The van der Waals surface area contributed by atoms with E-state index in [0.717, 1.165) is 31.3 Å². The van der Waals surface area contributed by atoms with Crippen LogP contribution < -0.4 is 10.1 Å². The number of rotatable bonds is 7. The van der Waals surface area contributed by atoms with Crippen LogP contribution in [0, 0.1) is 11.3 Å². The maximum absolute atomic E-state index is 12.6. The molecule has 1 aromatic carbocycles. The number of amides is 1. The maximum atomic E-state index is 12.6. The summed E-state index contributed by atoms with van der Waals surface area (Å²) >= 11 is 0. The first-order valence-corrected chi connectivity index (χ1v) is 12.6. The zero-order valence-electron chi connectivity index (χ0n) is 20.7. The summed E-state index contributed by atoms with van der Waals surface area (Å²) < 4.78 is 16.7. The van der Waals surface area contributed by atoms with E-state index in [1.54, 1.807) is 12.1 Å². The van der Waals surface area contributed by atoms with Gasteiger partial charge >= 0.3 is 0 Å². The molecule has 1 saturated heterocycles. The van der Waals surface area contributed by atoms with Crippen LogP contribution in [0.3, 0.4) is 0 Å². The van der Waals surface area contributed by atoms with Gasteiger partial charge in [0.05, 0.1) is 31.4 Å². The largest absolute Gasteiger partial charge is 0.490 e. The average molecular weight is 490 g/mol. The Morgan fingerprint density at radius 3 is 2.92 bits per heavy atom. The van der Waals surface area contributed by atoms with E-state index >= 15 is 0 Å². The topological polar surface area (TPSA) is 114 Å². The first kappa shape index (κ1) is 24.2.